The first kappa shape index (κ1) is 13.8. The van der Waals surface area contributed by atoms with Gasteiger partial charge in [0.25, 0.3) is 11.6 Å². The predicted octanol–water partition coefficient (Wildman–Crippen LogP) is 2.11. The summed E-state index contributed by atoms with van der Waals surface area (Å²) in [5.74, 6) is -0.237. The van der Waals surface area contributed by atoms with Gasteiger partial charge in [0.1, 0.15) is 5.02 Å². The van der Waals surface area contributed by atoms with Crippen LogP contribution in [0.3, 0.4) is 0 Å². The molecule has 0 aliphatic carbocycles. The number of carbonyl (C=O) groups excluding carboxylic acids is 1. The summed E-state index contributed by atoms with van der Waals surface area (Å²) in [7, 11) is 1.60. The van der Waals surface area contributed by atoms with E-state index in [1.165, 1.54) is 18.2 Å². The largest absolute Gasteiger partial charge is 0.380 e. The van der Waals surface area contributed by atoms with Gasteiger partial charge in [0.05, 0.1) is 11.0 Å². The quantitative estimate of drug-likeness (QED) is 0.629. The summed E-state index contributed by atoms with van der Waals surface area (Å²) in [6, 6.07) is 4.08. The number of nitro groups is 1. The summed E-state index contributed by atoms with van der Waals surface area (Å²) in [5, 5.41) is 10.8. The van der Waals surface area contributed by atoms with Crippen LogP contribution in [0.25, 0.3) is 0 Å². The first-order chi connectivity index (χ1) is 9.02. The van der Waals surface area contributed by atoms with Crippen LogP contribution in [-0.2, 0) is 4.74 Å². The third-order valence-corrected chi connectivity index (χ3v) is 3.47. The second-order valence-electron chi connectivity index (χ2n) is 4.32. The van der Waals surface area contributed by atoms with Gasteiger partial charge in [0.2, 0.25) is 0 Å². The minimum absolute atomic E-state index is 0.0257. The number of nitro benzene ring substituents is 1. The molecule has 1 aromatic rings. The van der Waals surface area contributed by atoms with E-state index >= 15 is 0 Å². The summed E-state index contributed by atoms with van der Waals surface area (Å²) >= 11 is 5.71. The molecule has 7 heteroatoms. The van der Waals surface area contributed by atoms with E-state index in [0.717, 1.165) is 6.42 Å². The number of benzene rings is 1. The van der Waals surface area contributed by atoms with Crippen molar-refractivity contribution < 1.29 is 14.5 Å². The Labute approximate surface area is 115 Å². The topological polar surface area (TPSA) is 72.7 Å². The van der Waals surface area contributed by atoms with Gasteiger partial charge in [-0.25, -0.2) is 0 Å². The van der Waals surface area contributed by atoms with Crippen molar-refractivity contribution in [3.63, 3.8) is 0 Å². The van der Waals surface area contributed by atoms with E-state index in [-0.39, 0.29) is 28.3 Å². The van der Waals surface area contributed by atoms with Gasteiger partial charge in [-0.15, -0.1) is 0 Å². The molecule has 1 heterocycles. The number of rotatable bonds is 3. The number of hydrogen-bond donors (Lipinski definition) is 0. The fourth-order valence-corrected chi connectivity index (χ4v) is 2.26. The van der Waals surface area contributed by atoms with E-state index in [9.17, 15) is 14.9 Å². The number of ether oxygens (including phenoxy) is 1. The zero-order valence-electron chi connectivity index (χ0n) is 10.3. The number of carbonyl (C=O) groups is 1. The van der Waals surface area contributed by atoms with E-state index in [1.807, 2.05) is 0 Å². The number of likely N-dealkylation sites (tertiary alicyclic amines) is 1. The van der Waals surface area contributed by atoms with Gasteiger partial charge in [-0.1, -0.05) is 11.6 Å². The molecule has 1 unspecified atom stereocenters. The normalized spacial score (nSPS) is 18.6. The van der Waals surface area contributed by atoms with E-state index in [0.29, 0.717) is 13.1 Å². The van der Waals surface area contributed by atoms with Crippen molar-refractivity contribution in [3.05, 3.63) is 38.9 Å². The molecule has 1 fully saturated rings. The van der Waals surface area contributed by atoms with Crippen LogP contribution in [-0.4, -0.2) is 42.0 Å². The Morgan fingerprint density at radius 3 is 2.89 bits per heavy atom. The molecule has 1 aromatic carbocycles. The van der Waals surface area contributed by atoms with Gasteiger partial charge in [-0.3, -0.25) is 14.9 Å². The summed E-state index contributed by atoms with van der Waals surface area (Å²) in [5.41, 5.74) is 0.0165. The van der Waals surface area contributed by atoms with Crippen molar-refractivity contribution in [2.45, 2.75) is 12.5 Å². The number of nitrogens with zero attached hydrogens (tertiary/aromatic N) is 2. The maximum atomic E-state index is 12.2. The van der Waals surface area contributed by atoms with Crippen molar-refractivity contribution in [1.29, 1.82) is 0 Å². The molecule has 2 rings (SSSR count). The van der Waals surface area contributed by atoms with Gasteiger partial charge in [0.15, 0.2) is 0 Å². The predicted molar refractivity (Wildman–Crippen MR) is 69.4 cm³/mol. The molecule has 102 valence electrons. The molecule has 0 aromatic heterocycles. The maximum Gasteiger partial charge on any atom is 0.288 e. The standard InChI is InChI=1S/C12H13ClN2O4/c1-19-9-4-5-14(7-9)12(16)8-2-3-10(13)11(6-8)15(17)18/h2-3,6,9H,4-5,7H2,1H3. The lowest BCUT2D eigenvalue weighted by Gasteiger charge is -2.16. The van der Waals surface area contributed by atoms with Crippen LogP contribution < -0.4 is 0 Å². The Balaban J connectivity index is 2.20. The molecule has 1 amide bonds. The Kier molecular flexibility index (Phi) is 4.01. The Hall–Kier alpha value is -1.66. The number of amides is 1. The molecule has 0 saturated carbocycles. The maximum absolute atomic E-state index is 12.2. The van der Waals surface area contributed by atoms with Crippen LogP contribution in [0.1, 0.15) is 16.8 Å². The molecule has 1 atom stereocenters. The molecule has 0 radical (unpaired) electrons. The van der Waals surface area contributed by atoms with Crippen molar-refractivity contribution in [2.75, 3.05) is 20.2 Å². The monoisotopic (exact) mass is 284 g/mol. The smallest absolute Gasteiger partial charge is 0.288 e. The third kappa shape index (κ3) is 2.85. The fourth-order valence-electron chi connectivity index (χ4n) is 2.07. The summed E-state index contributed by atoms with van der Waals surface area (Å²) in [4.78, 5) is 24.0. The number of hydrogen-bond acceptors (Lipinski definition) is 4. The first-order valence-electron chi connectivity index (χ1n) is 5.79. The molecule has 19 heavy (non-hydrogen) atoms. The van der Waals surface area contributed by atoms with Crippen molar-refractivity contribution in [3.8, 4) is 0 Å². The Bertz CT molecular complexity index is 520. The second kappa shape index (κ2) is 5.54. The van der Waals surface area contributed by atoms with Crippen LogP contribution in [0, 0.1) is 10.1 Å². The molecule has 6 nitrogen and oxygen atoms in total. The summed E-state index contributed by atoms with van der Waals surface area (Å²) in [6.45, 7) is 1.10. The highest BCUT2D eigenvalue weighted by Crippen LogP contribution is 2.26. The zero-order chi connectivity index (χ0) is 14.0. The lowest BCUT2D eigenvalue weighted by molar-refractivity contribution is -0.384. The van der Waals surface area contributed by atoms with Gasteiger partial charge >= 0.3 is 0 Å². The fraction of sp³-hybridized carbons (Fsp3) is 0.417. The van der Waals surface area contributed by atoms with E-state index in [4.69, 9.17) is 16.3 Å². The molecule has 1 aliphatic rings. The molecule has 1 saturated heterocycles. The Morgan fingerprint density at radius 2 is 2.32 bits per heavy atom. The second-order valence-corrected chi connectivity index (χ2v) is 4.73. The van der Waals surface area contributed by atoms with Gasteiger partial charge in [-0.05, 0) is 18.6 Å². The van der Waals surface area contributed by atoms with Crippen molar-refractivity contribution in [2.24, 2.45) is 0 Å². The third-order valence-electron chi connectivity index (χ3n) is 3.16. The van der Waals surface area contributed by atoms with Crippen LogP contribution in [0.2, 0.25) is 5.02 Å². The molecule has 0 N–H and O–H groups in total. The molecular formula is C12H13ClN2O4. The van der Waals surface area contributed by atoms with Crippen molar-refractivity contribution >= 4 is 23.2 Å². The lowest BCUT2D eigenvalue weighted by atomic mass is 10.2. The minimum atomic E-state index is -0.596. The molecule has 1 aliphatic heterocycles. The van der Waals surface area contributed by atoms with Gasteiger partial charge < -0.3 is 9.64 Å². The molecule has 0 spiro atoms. The highest BCUT2D eigenvalue weighted by Gasteiger charge is 2.27. The lowest BCUT2D eigenvalue weighted by Crippen LogP contribution is -2.29. The summed E-state index contributed by atoms with van der Waals surface area (Å²) < 4.78 is 5.19. The average molecular weight is 285 g/mol. The van der Waals surface area contributed by atoms with Crippen LogP contribution in [0.5, 0.6) is 0 Å². The van der Waals surface area contributed by atoms with E-state index in [2.05, 4.69) is 0 Å². The van der Waals surface area contributed by atoms with Gasteiger partial charge in [0, 0.05) is 31.8 Å². The van der Waals surface area contributed by atoms with E-state index < -0.39 is 4.92 Å². The van der Waals surface area contributed by atoms with Gasteiger partial charge in [-0.2, -0.15) is 0 Å². The number of methoxy groups -OCH3 is 1. The highest BCUT2D eigenvalue weighted by atomic mass is 35.5. The van der Waals surface area contributed by atoms with Crippen LogP contribution >= 0.6 is 11.6 Å². The molecule has 0 bridgehead atoms. The van der Waals surface area contributed by atoms with Crippen LogP contribution in [0.4, 0.5) is 5.69 Å². The number of halogens is 1. The van der Waals surface area contributed by atoms with Crippen molar-refractivity contribution in [1.82, 2.24) is 4.90 Å². The minimum Gasteiger partial charge on any atom is -0.380 e. The van der Waals surface area contributed by atoms with E-state index in [1.54, 1.807) is 12.0 Å². The zero-order valence-corrected chi connectivity index (χ0v) is 11.1. The Morgan fingerprint density at radius 1 is 1.58 bits per heavy atom. The first-order valence-corrected chi connectivity index (χ1v) is 6.16. The van der Waals surface area contributed by atoms with Crippen LogP contribution in [0.15, 0.2) is 18.2 Å². The SMILES string of the molecule is COC1CCN(C(=O)c2ccc(Cl)c([N+](=O)[O-])c2)C1. The average Bonchev–Trinajstić information content (AvgIpc) is 2.87. The summed E-state index contributed by atoms with van der Waals surface area (Å²) in [6.07, 6.45) is 0.809. The highest BCUT2D eigenvalue weighted by molar-refractivity contribution is 6.32. The molecular weight excluding hydrogens is 272 g/mol.